The molecular formula is C16H20O4. The lowest BCUT2D eigenvalue weighted by Gasteiger charge is -2.18. The first-order valence-corrected chi connectivity index (χ1v) is 6.91. The Labute approximate surface area is 119 Å². The standard InChI is InChI=1S/C16H20O4/c1-4-20-16(18)15-13(5-6-14(15)17)11-7-10(2)8-12(9-11)19-3/h7-9,13,15H,4-6H2,1-3H3/t13-,15-/m0/s1. The second-order valence-electron chi connectivity index (χ2n) is 5.12. The molecule has 0 bridgehead atoms. The summed E-state index contributed by atoms with van der Waals surface area (Å²) in [5.74, 6) is -0.437. The lowest BCUT2D eigenvalue weighted by Crippen LogP contribution is -2.26. The van der Waals surface area contributed by atoms with Crippen LogP contribution in [0.25, 0.3) is 0 Å². The smallest absolute Gasteiger partial charge is 0.317 e. The highest BCUT2D eigenvalue weighted by Crippen LogP contribution is 2.39. The molecular weight excluding hydrogens is 256 g/mol. The quantitative estimate of drug-likeness (QED) is 0.626. The molecule has 1 saturated carbocycles. The largest absolute Gasteiger partial charge is 0.497 e. The maximum atomic E-state index is 12.0. The molecule has 20 heavy (non-hydrogen) atoms. The van der Waals surface area contributed by atoms with Gasteiger partial charge < -0.3 is 9.47 Å². The molecule has 1 aliphatic carbocycles. The molecule has 1 aromatic rings. The predicted octanol–water partition coefficient (Wildman–Crippen LogP) is 2.63. The molecule has 0 spiro atoms. The normalized spacial score (nSPS) is 21.9. The molecule has 0 radical (unpaired) electrons. The highest BCUT2D eigenvalue weighted by molar-refractivity contribution is 6.01. The van der Waals surface area contributed by atoms with Crippen molar-refractivity contribution in [2.75, 3.05) is 13.7 Å². The van der Waals surface area contributed by atoms with Crippen LogP contribution < -0.4 is 4.74 Å². The van der Waals surface area contributed by atoms with E-state index in [-0.39, 0.29) is 11.7 Å². The van der Waals surface area contributed by atoms with Gasteiger partial charge in [0.05, 0.1) is 13.7 Å². The van der Waals surface area contributed by atoms with Crippen molar-refractivity contribution < 1.29 is 19.1 Å². The van der Waals surface area contributed by atoms with E-state index in [1.54, 1.807) is 14.0 Å². The van der Waals surface area contributed by atoms with Crippen LogP contribution in [-0.4, -0.2) is 25.5 Å². The summed E-state index contributed by atoms with van der Waals surface area (Å²) in [4.78, 5) is 24.0. The molecule has 0 saturated heterocycles. The number of methoxy groups -OCH3 is 1. The molecule has 0 aliphatic heterocycles. The second-order valence-corrected chi connectivity index (χ2v) is 5.12. The van der Waals surface area contributed by atoms with E-state index in [0.717, 1.165) is 16.9 Å². The number of aryl methyl sites for hydroxylation is 1. The van der Waals surface area contributed by atoms with Crippen molar-refractivity contribution in [3.05, 3.63) is 29.3 Å². The zero-order valence-electron chi connectivity index (χ0n) is 12.1. The molecule has 1 fully saturated rings. The van der Waals surface area contributed by atoms with Crippen molar-refractivity contribution in [3.8, 4) is 5.75 Å². The summed E-state index contributed by atoms with van der Waals surface area (Å²) in [5, 5.41) is 0. The van der Waals surface area contributed by atoms with Crippen LogP contribution in [0.3, 0.4) is 0 Å². The van der Waals surface area contributed by atoms with Crippen molar-refractivity contribution in [2.45, 2.75) is 32.6 Å². The first-order valence-electron chi connectivity index (χ1n) is 6.91. The summed E-state index contributed by atoms with van der Waals surface area (Å²) in [6, 6.07) is 5.85. The Morgan fingerprint density at radius 3 is 2.75 bits per heavy atom. The lowest BCUT2D eigenvalue weighted by molar-refractivity contribution is -0.151. The topological polar surface area (TPSA) is 52.6 Å². The molecule has 2 atom stereocenters. The lowest BCUT2D eigenvalue weighted by atomic mass is 9.87. The molecule has 1 aliphatic rings. The Hall–Kier alpha value is -1.84. The second kappa shape index (κ2) is 6.07. The van der Waals surface area contributed by atoms with Gasteiger partial charge in [-0.1, -0.05) is 6.07 Å². The van der Waals surface area contributed by atoms with Crippen LogP contribution in [-0.2, 0) is 14.3 Å². The van der Waals surface area contributed by atoms with Gasteiger partial charge in [0.25, 0.3) is 0 Å². The summed E-state index contributed by atoms with van der Waals surface area (Å²) >= 11 is 0. The zero-order valence-corrected chi connectivity index (χ0v) is 12.1. The molecule has 4 heteroatoms. The van der Waals surface area contributed by atoms with Gasteiger partial charge in [-0.2, -0.15) is 0 Å². The molecule has 1 aromatic carbocycles. The van der Waals surface area contributed by atoms with E-state index in [9.17, 15) is 9.59 Å². The van der Waals surface area contributed by atoms with Gasteiger partial charge in [-0.25, -0.2) is 0 Å². The number of esters is 1. The van der Waals surface area contributed by atoms with Crippen molar-refractivity contribution in [1.82, 2.24) is 0 Å². The molecule has 2 rings (SSSR count). The van der Waals surface area contributed by atoms with Gasteiger partial charge in [-0.05, 0) is 43.5 Å². The number of ether oxygens (including phenoxy) is 2. The Balaban J connectivity index is 2.33. The molecule has 0 amide bonds. The van der Waals surface area contributed by atoms with Crippen molar-refractivity contribution >= 4 is 11.8 Å². The van der Waals surface area contributed by atoms with Gasteiger partial charge in [0.15, 0.2) is 0 Å². The van der Waals surface area contributed by atoms with Crippen LogP contribution in [0.15, 0.2) is 18.2 Å². The van der Waals surface area contributed by atoms with Gasteiger partial charge in [-0.15, -0.1) is 0 Å². The third-order valence-corrected chi connectivity index (χ3v) is 3.73. The first-order chi connectivity index (χ1) is 9.56. The number of carbonyl (C=O) groups excluding carboxylic acids is 2. The van der Waals surface area contributed by atoms with E-state index in [1.807, 2.05) is 25.1 Å². The SMILES string of the molecule is CCOC(=O)[C@@H]1C(=O)CC[C@H]1c1cc(C)cc(OC)c1. The summed E-state index contributed by atoms with van der Waals surface area (Å²) in [7, 11) is 1.61. The fourth-order valence-electron chi connectivity index (χ4n) is 2.84. The van der Waals surface area contributed by atoms with Gasteiger partial charge in [0.1, 0.15) is 17.5 Å². The Morgan fingerprint density at radius 1 is 1.35 bits per heavy atom. The van der Waals surface area contributed by atoms with Gasteiger partial charge >= 0.3 is 5.97 Å². The molecule has 0 heterocycles. The van der Waals surface area contributed by atoms with E-state index in [1.165, 1.54) is 0 Å². The van der Waals surface area contributed by atoms with Crippen LogP contribution in [0.1, 0.15) is 36.8 Å². The van der Waals surface area contributed by atoms with E-state index in [0.29, 0.717) is 19.4 Å². The third-order valence-electron chi connectivity index (χ3n) is 3.73. The number of ketones is 1. The summed E-state index contributed by atoms with van der Waals surface area (Å²) in [6.07, 6.45) is 1.12. The summed E-state index contributed by atoms with van der Waals surface area (Å²) in [5.41, 5.74) is 2.03. The van der Waals surface area contributed by atoms with E-state index in [4.69, 9.17) is 9.47 Å². The van der Waals surface area contributed by atoms with Gasteiger partial charge in [0.2, 0.25) is 0 Å². The molecule has 0 aromatic heterocycles. The number of hydrogen-bond donors (Lipinski definition) is 0. The number of benzene rings is 1. The highest BCUT2D eigenvalue weighted by Gasteiger charge is 2.41. The minimum absolute atomic E-state index is 0.0195. The maximum Gasteiger partial charge on any atom is 0.317 e. The Bertz CT molecular complexity index is 521. The van der Waals surface area contributed by atoms with Crippen molar-refractivity contribution in [3.63, 3.8) is 0 Å². The molecule has 0 N–H and O–H groups in total. The predicted molar refractivity (Wildman–Crippen MR) is 74.8 cm³/mol. The van der Waals surface area contributed by atoms with Crippen LogP contribution in [0.2, 0.25) is 0 Å². The molecule has 4 nitrogen and oxygen atoms in total. The van der Waals surface area contributed by atoms with Crippen molar-refractivity contribution in [1.29, 1.82) is 0 Å². The van der Waals surface area contributed by atoms with Crippen molar-refractivity contribution in [2.24, 2.45) is 5.92 Å². The maximum absolute atomic E-state index is 12.0. The van der Waals surface area contributed by atoms with E-state index < -0.39 is 11.9 Å². The fourth-order valence-corrected chi connectivity index (χ4v) is 2.84. The number of carbonyl (C=O) groups is 2. The van der Waals surface area contributed by atoms with E-state index in [2.05, 4.69) is 0 Å². The Morgan fingerprint density at radius 2 is 2.10 bits per heavy atom. The fraction of sp³-hybridized carbons (Fsp3) is 0.500. The zero-order chi connectivity index (χ0) is 14.7. The van der Waals surface area contributed by atoms with Gasteiger partial charge in [-0.3, -0.25) is 9.59 Å². The summed E-state index contributed by atoms with van der Waals surface area (Å²) < 4.78 is 10.3. The van der Waals surface area contributed by atoms with Crippen LogP contribution in [0.4, 0.5) is 0 Å². The Kier molecular flexibility index (Phi) is 4.42. The minimum Gasteiger partial charge on any atom is -0.497 e. The average Bonchev–Trinajstić information content (AvgIpc) is 2.80. The van der Waals surface area contributed by atoms with Gasteiger partial charge in [0, 0.05) is 12.3 Å². The van der Waals surface area contributed by atoms with Crippen LogP contribution in [0.5, 0.6) is 5.75 Å². The number of hydrogen-bond acceptors (Lipinski definition) is 4. The summed E-state index contributed by atoms with van der Waals surface area (Å²) in [6.45, 7) is 4.02. The number of rotatable bonds is 4. The highest BCUT2D eigenvalue weighted by atomic mass is 16.5. The van der Waals surface area contributed by atoms with Crippen LogP contribution in [0, 0.1) is 12.8 Å². The minimum atomic E-state index is -0.665. The van der Waals surface area contributed by atoms with E-state index >= 15 is 0 Å². The number of Topliss-reactive ketones (excluding diaryl/α,β-unsaturated/α-hetero) is 1. The molecule has 0 unspecified atom stereocenters. The third kappa shape index (κ3) is 2.84. The van der Waals surface area contributed by atoms with Crippen LogP contribution >= 0.6 is 0 Å². The first kappa shape index (κ1) is 14.6. The molecule has 108 valence electrons. The average molecular weight is 276 g/mol. The monoisotopic (exact) mass is 276 g/mol.